The van der Waals surface area contributed by atoms with Gasteiger partial charge < -0.3 is 9.47 Å². The number of carbonyl (C=O) groups excluding carboxylic acids is 1. The van der Waals surface area contributed by atoms with Crippen LogP contribution in [0.15, 0.2) is 76.4 Å². The summed E-state index contributed by atoms with van der Waals surface area (Å²) in [4.78, 5) is 41.9. The van der Waals surface area contributed by atoms with Gasteiger partial charge in [0.25, 0.3) is 5.56 Å². The molecule has 0 N–H and O–H groups in total. The van der Waals surface area contributed by atoms with Crippen LogP contribution in [-0.2, 0) is 29.4 Å². The Balaban J connectivity index is 1.48. The van der Waals surface area contributed by atoms with Crippen LogP contribution in [0.2, 0.25) is 0 Å². The van der Waals surface area contributed by atoms with Gasteiger partial charge in [-0.3, -0.25) is 14.3 Å². The van der Waals surface area contributed by atoms with Crippen LogP contribution in [0.5, 0.6) is 5.75 Å². The van der Waals surface area contributed by atoms with Crippen molar-refractivity contribution >= 4 is 27.6 Å². The van der Waals surface area contributed by atoms with Crippen molar-refractivity contribution in [1.29, 1.82) is 0 Å². The normalized spacial score (nSPS) is 11.5. The monoisotopic (exact) mass is 582 g/mol. The zero-order chi connectivity index (χ0) is 29.3. The Morgan fingerprint density at radius 3 is 2.59 bits per heavy atom. The molecule has 2 aromatic carbocycles. The average molecular weight is 583 g/mol. The minimum atomic E-state index is -4.87. The van der Waals surface area contributed by atoms with Crippen LogP contribution in [0.3, 0.4) is 0 Å². The standard InChI is InChI=1S/C28H21F3N4O5S/c1-16-6-8-21(39-15-25(37)40-14-17-5-3-4-10-32-17)19(11-16)26-20-12-18(7-9-22(20)41-33-26)35-24(36)13-23(28(29,30)31)34(2)27(35)38/h3-13H,14-15H2,1-2H3. The fourth-order valence-electron chi connectivity index (χ4n) is 4.17. The Hall–Kier alpha value is -4.78. The Bertz CT molecular complexity index is 1880. The SMILES string of the molecule is Cc1ccc(OCC(=O)OCc2ccccn2)c(-c2nsc3ccc(-n4c(=O)cc(C(F)(F)F)n(C)c4=O)cc23)c1. The lowest BCUT2D eigenvalue weighted by Gasteiger charge is -2.14. The van der Waals surface area contributed by atoms with E-state index in [4.69, 9.17) is 9.47 Å². The summed E-state index contributed by atoms with van der Waals surface area (Å²) in [5.41, 5.74) is -1.08. The van der Waals surface area contributed by atoms with E-state index in [9.17, 15) is 27.6 Å². The molecule has 0 unspecified atom stereocenters. The third kappa shape index (κ3) is 5.75. The number of hydrogen-bond acceptors (Lipinski definition) is 8. The molecule has 0 radical (unpaired) electrons. The van der Waals surface area contributed by atoms with Gasteiger partial charge in [-0.25, -0.2) is 14.2 Å². The van der Waals surface area contributed by atoms with E-state index in [1.165, 1.54) is 12.1 Å². The number of nitrogens with zero attached hydrogens (tertiary/aromatic N) is 4. The molecule has 0 fully saturated rings. The zero-order valence-corrected chi connectivity index (χ0v) is 22.5. The van der Waals surface area contributed by atoms with Gasteiger partial charge in [0.05, 0.1) is 21.8 Å². The lowest BCUT2D eigenvalue weighted by molar-refractivity contribution is -0.147. The third-order valence-corrected chi connectivity index (χ3v) is 6.99. The predicted molar refractivity (Wildman–Crippen MR) is 145 cm³/mol. The van der Waals surface area contributed by atoms with Crippen molar-refractivity contribution < 1.29 is 27.4 Å². The number of fused-ring (bicyclic) bond motifs is 1. The lowest BCUT2D eigenvalue weighted by Crippen LogP contribution is -2.40. The van der Waals surface area contributed by atoms with E-state index in [1.807, 2.05) is 6.92 Å². The summed E-state index contributed by atoms with van der Waals surface area (Å²) in [6.45, 7) is 1.47. The predicted octanol–water partition coefficient (Wildman–Crippen LogP) is 4.66. The number of halogens is 3. The Labute approximate surface area is 234 Å². The van der Waals surface area contributed by atoms with Crippen molar-refractivity contribution in [2.24, 2.45) is 7.05 Å². The Kier molecular flexibility index (Phi) is 7.45. The van der Waals surface area contributed by atoms with Crippen molar-refractivity contribution in [2.45, 2.75) is 19.7 Å². The molecule has 9 nitrogen and oxygen atoms in total. The summed E-state index contributed by atoms with van der Waals surface area (Å²) in [6, 6.07) is 15.5. The highest BCUT2D eigenvalue weighted by Crippen LogP contribution is 2.37. The number of aryl methyl sites for hydroxylation is 1. The second-order valence-corrected chi connectivity index (χ2v) is 9.83. The van der Waals surface area contributed by atoms with E-state index in [-0.39, 0.29) is 18.9 Å². The lowest BCUT2D eigenvalue weighted by atomic mass is 10.0. The molecular weight excluding hydrogens is 561 g/mol. The minimum Gasteiger partial charge on any atom is -0.481 e. The maximum Gasteiger partial charge on any atom is 0.431 e. The molecule has 0 atom stereocenters. The van der Waals surface area contributed by atoms with Crippen molar-refractivity contribution in [2.75, 3.05) is 6.61 Å². The van der Waals surface area contributed by atoms with E-state index in [1.54, 1.807) is 48.7 Å². The third-order valence-electron chi connectivity index (χ3n) is 6.17. The first-order valence-electron chi connectivity index (χ1n) is 12.1. The van der Waals surface area contributed by atoms with Crippen molar-refractivity contribution in [1.82, 2.24) is 18.5 Å². The molecule has 0 aliphatic heterocycles. The van der Waals surface area contributed by atoms with Crippen molar-refractivity contribution in [3.05, 3.63) is 105 Å². The summed E-state index contributed by atoms with van der Waals surface area (Å²) in [7, 11) is 0.953. The average Bonchev–Trinajstić information content (AvgIpc) is 3.36. The molecule has 3 heterocycles. The number of esters is 1. The van der Waals surface area contributed by atoms with Gasteiger partial charge in [-0.1, -0.05) is 17.7 Å². The Morgan fingerprint density at radius 1 is 1.05 bits per heavy atom. The van der Waals surface area contributed by atoms with Gasteiger partial charge in [0.2, 0.25) is 0 Å². The van der Waals surface area contributed by atoms with Gasteiger partial charge in [0.1, 0.15) is 18.1 Å². The van der Waals surface area contributed by atoms with Crippen LogP contribution >= 0.6 is 11.5 Å². The molecule has 0 aliphatic rings. The second-order valence-electron chi connectivity index (χ2n) is 9.02. The molecule has 210 valence electrons. The second kappa shape index (κ2) is 11.0. The van der Waals surface area contributed by atoms with Crippen LogP contribution in [0.4, 0.5) is 13.2 Å². The summed E-state index contributed by atoms with van der Waals surface area (Å²) in [6.07, 6.45) is -3.28. The fraction of sp³-hybridized carbons (Fsp3) is 0.179. The molecule has 0 spiro atoms. The number of hydrogen-bond donors (Lipinski definition) is 0. The van der Waals surface area contributed by atoms with Crippen LogP contribution < -0.4 is 16.0 Å². The molecular formula is C28H21F3N4O5S. The smallest absolute Gasteiger partial charge is 0.431 e. The number of aromatic nitrogens is 4. The summed E-state index contributed by atoms with van der Waals surface area (Å²) in [5.74, 6) is -0.268. The maximum atomic E-state index is 13.3. The topological polar surface area (TPSA) is 105 Å². The van der Waals surface area contributed by atoms with Crippen molar-refractivity contribution in [3.63, 3.8) is 0 Å². The van der Waals surface area contributed by atoms with Gasteiger partial charge in [0.15, 0.2) is 6.61 Å². The van der Waals surface area contributed by atoms with Crippen LogP contribution in [0.25, 0.3) is 27.0 Å². The summed E-state index contributed by atoms with van der Waals surface area (Å²) < 4.78 is 57.2. The van der Waals surface area contributed by atoms with E-state index in [2.05, 4.69) is 9.36 Å². The van der Waals surface area contributed by atoms with Crippen molar-refractivity contribution in [3.8, 4) is 22.7 Å². The van der Waals surface area contributed by atoms with Crippen LogP contribution in [-0.4, -0.2) is 31.1 Å². The number of ether oxygens (including phenoxy) is 2. The molecule has 0 bridgehead atoms. The highest BCUT2D eigenvalue weighted by atomic mass is 32.1. The van der Waals surface area contributed by atoms with Crippen LogP contribution in [0, 0.1) is 6.92 Å². The van der Waals surface area contributed by atoms with E-state index in [0.29, 0.717) is 48.0 Å². The highest BCUT2D eigenvalue weighted by Gasteiger charge is 2.35. The molecule has 0 amide bonds. The number of rotatable bonds is 7. The number of pyridine rings is 1. The molecule has 0 saturated heterocycles. The first-order valence-corrected chi connectivity index (χ1v) is 12.9. The summed E-state index contributed by atoms with van der Waals surface area (Å²) >= 11 is 1.15. The molecule has 5 aromatic rings. The number of benzene rings is 2. The molecule has 5 rings (SSSR count). The van der Waals surface area contributed by atoms with Gasteiger partial charge in [-0.2, -0.15) is 17.5 Å². The number of carbonyl (C=O) groups is 1. The zero-order valence-electron chi connectivity index (χ0n) is 21.6. The van der Waals surface area contributed by atoms with E-state index < -0.39 is 29.1 Å². The summed E-state index contributed by atoms with van der Waals surface area (Å²) in [5, 5.41) is 0.537. The van der Waals surface area contributed by atoms with E-state index >= 15 is 0 Å². The quantitative estimate of drug-likeness (QED) is 0.257. The number of alkyl halides is 3. The van der Waals surface area contributed by atoms with Crippen LogP contribution in [0.1, 0.15) is 17.0 Å². The molecule has 13 heteroatoms. The van der Waals surface area contributed by atoms with Gasteiger partial charge in [0, 0.05) is 30.3 Å². The van der Waals surface area contributed by atoms with Gasteiger partial charge >= 0.3 is 17.8 Å². The largest absolute Gasteiger partial charge is 0.481 e. The minimum absolute atomic E-state index is 0.00787. The van der Waals surface area contributed by atoms with Gasteiger partial charge in [-0.15, -0.1) is 0 Å². The molecule has 0 aliphatic carbocycles. The highest BCUT2D eigenvalue weighted by molar-refractivity contribution is 7.13. The maximum absolute atomic E-state index is 13.3. The van der Waals surface area contributed by atoms with Gasteiger partial charge in [-0.05, 0) is 60.9 Å². The van der Waals surface area contributed by atoms with E-state index in [0.717, 1.165) is 24.1 Å². The first kappa shape index (κ1) is 27.8. The molecule has 0 saturated carbocycles. The fourth-order valence-corrected chi connectivity index (χ4v) is 4.94. The first-order chi connectivity index (χ1) is 19.5. The molecule has 3 aromatic heterocycles. The Morgan fingerprint density at radius 2 is 1.85 bits per heavy atom. The molecule has 41 heavy (non-hydrogen) atoms.